The fourth-order valence-corrected chi connectivity index (χ4v) is 3.11. The van der Waals surface area contributed by atoms with Crippen molar-refractivity contribution in [2.45, 2.75) is 26.8 Å². The molecular formula is C19H20BrN5O2. The molecule has 0 aliphatic carbocycles. The van der Waals surface area contributed by atoms with E-state index in [1.807, 2.05) is 39.0 Å². The van der Waals surface area contributed by atoms with Crippen LogP contribution in [0.5, 0.6) is 0 Å². The van der Waals surface area contributed by atoms with Crippen molar-refractivity contribution in [1.29, 1.82) is 0 Å². The second-order valence-electron chi connectivity index (χ2n) is 6.44. The summed E-state index contributed by atoms with van der Waals surface area (Å²) >= 11 is 3.37. The molecule has 2 amide bonds. The van der Waals surface area contributed by atoms with E-state index in [0.29, 0.717) is 28.0 Å². The van der Waals surface area contributed by atoms with Gasteiger partial charge in [0.1, 0.15) is 0 Å². The van der Waals surface area contributed by atoms with Crippen LogP contribution in [0.3, 0.4) is 0 Å². The number of aryl methyl sites for hydroxylation is 1. The molecule has 0 fully saturated rings. The Morgan fingerprint density at radius 3 is 2.70 bits per heavy atom. The predicted molar refractivity (Wildman–Crippen MR) is 108 cm³/mol. The van der Waals surface area contributed by atoms with Crippen molar-refractivity contribution in [2.24, 2.45) is 0 Å². The van der Waals surface area contributed by atoms with E-state index in [1.165, 1.54) is 0 Å². The third-order valence-corrected chi connectivity index (χ3v) is 4.68. The molecule has 0 aliphatic heterocycles. The predicted octanol–water partition coefficient (Wildman–Crippen LogP) is 3.45. The number of nitrogens with one attached hydrogen (secondary N) is 2. The second kappa shape index (κ2) is 7.87. The average molecular weight is 430 g/mol. The number of benzene rings is 1. The number of carbonyl (C=O) groups is 2. The van der Waals surface area contributed by atoms with E-state index in [9.17, 15) is 9.59 Å². The first-order chi connectivity index (χ1) is 12.9. The summed E-state index contributed by atoms with van der Waals surface area (Å²) < 4.78 is 2.55. The molecule has 0 unspecified atom stereocenters. The number of para-hydroxylation sites is 1. The molecule has 0 saturated heterocycles. The maximum Gasteiger partial charge on any atom is 0.252 e. The second-order valence-corrected chi connectivity index (χ2v) is 7.30. The molecule has 140 valence electrons. The van der Waals surface area contributed by atoms with Crippen LogP contribution in [0.2, 0.25) is 0 Å². The molecule has 1 aromatic carbocycles. The number of hydrogen-bond acceptors (Lipinski definition) is 4. The number of rotatable bonds is 5. The lowest BCUT2D eigenvalue weighted by atomic mass is 10.1. The van der Waals surface area contributed by atoms with Crippen molar-refractivity contribution < 1.29 is 9.59 Å². The summed E-state index contributed by atoms with van der Waals surface area (Å²) in [7, 11) is 0. The van der Waals surface area contributed by atoms with Gasteiger partial charge in [-0.15, -0.1) is 0 Å². The van der Waals surface area contributed by atoms with Crippen molar-refractivity contribution in [3.05, 3.63) is 52.3 Å². The van der Waals surface area contributed by atoms with Gasteiger partial charge in [-0.1, -0.05) is 12.1 Å². The Balaban J connectivity index is 1.75. The lowest BCUT2D eigenvalue weighted by Gasteiger charge is -2.10. The molecule has 0 atom stereocenters. The zero-order chi connectivity index (χ0) is 19.6. The Bertz CT molecular complexity index is 1010. The number of halogens is 1. The highest BCUT2D eigenvalue weighted by Crippen LogP contribution is 2.22. The molecule has 27 heavy (non-hydrogen) atoms. The molecule has 7 nitrogen and oxygen atoms in total. The third kappa shape index (κ3) is 4.16. The number of nitrogens with zero attached hydrogens (tertiary/aromatic N) is 3. The molecule has 2 N–H and O–H groups in total. The molecule has 3 rings (SSSR count). The van der Waals surface area contributed by atoms with E-state index in [1.54, 1.807) is 23.0 Å². The third-order valence-electron chi connectivity index (χ3n) is 3.99. The van der Waals surface area contributed by atoms with E-state index >= 15 is 0 Å². The van der Waals surface area contributed by atoms with Crippen LogP contribution in [-0.4, -0.2) is 33.1 Å². The van der Waals surface area contributed by atoms with Crippen molar-refractivity contribution in [3.63, 3.8) is 0 Å². The first kappa shape index (κ1) is 19.0. The lowest BCUT2D eigenvalue weighted by Crippen LogP contribution is -2.33. The van der Waals surface area contributed by atoms with E-state index in [2.05, 4.69) is 36.6 Å². The van der Waals surface area contributed by atoms with Crippen LogP contribution >= 0.6 is 15.9 Å². The number of hydrogen-bond donors (Lipinski definition) is 2. The number of pyridine rings is 1. The summed E-state index contributed by atoms with van der Waals surface area (Å²) in [5.41, 5.74) is 2.48. The van der Waals surface area contributed by atoms with E-state index in [4.69, 9.17) is 0 Å². The smallest absolute Gasteiger partial charge is 0.252 e. The number of aromatic nitrogens is 3. The highest BCUT2D eigenvalue weighted by molar-refractivity contribution is 9.10. The first-order valence-electron chi connectivity index (χ1n) is 8.54. The Labute approximate surface area is 165 Å². The molecule has 2 aromatic heterocycles. The molecule has 3 aromatic rings. The van der Waals surface area contributed by atoms with Crippen LogP contribution in [0.25, 0.3) is 11.0 Å². The number of carbonyl (C=O) groups excluding carboxylic acids is 2. The fourth-order valence-electron chi connectivity index (χ4n) is 2.72. The fraction of sp³-hybridized carbons (Fsp3) is 0.263. The van der Waals surface area contributed by atoms with E-state index in [0.717, 1.165) is 4.47 Å². The Hall–Kier alpha value is -2.74. The minimum atomic E-state index is -0.337. The maximum atomic E-state index is 12.6. The molecule has 0 spiro atoms. The Morgan fingerprint density at radius 2 is 2.00 bits per heavy atom. The van der Waals surface area contributed by atoms with Crippen molar-refractivity contribution in [3.8, 4) is 0 Å². The number of amides is 2. The van der Waals surface area contributed by atoms with Gasteiger partial charge in [0.05, 0.1) is 29.4 Å². The van der Waals surface area contributed by atoms with Crippen molar-refractivity contribution in [2.75, 3.05) is 11.9 Å². The summed E-state index contributed by atoms with van der Waals surface area (Å²) in [5.74, 6) is -0.647. The van der Waals surface area contributed by atoms with E-state index in [-0.39, 0.29) is 24.4 Å². The van der Waals surface area contributed by atoms with Gasteiger partial charge in [-0.25, -0.2) is 9.67 Å². The zero-order valence-electron chi connectivity index (χ0n) is 15.3. The van der Waals surface area contributed by atoms with Gasteiger partial charge < -0.3 is 10.6 Å². The van der Waals surface area contributed by atoms with Crippen LogP contribution in [-0.2, 0) is 4.79 Å². The van der Waals surface area contributed by atoms with Gasteiger partial charge in [0.15, 0.2) is 5.65 Å². The topological polar surface area (TPSA) is 88.9 Å². The van der Waals surface area contributed by atoms with Gasteiger partial charge >= 0.3 is 0 Å². The van der Waals surface area contributed by atoms with Gasteiger partial charge in [0.25, 0.3) is 5.91 Å². The minimum Gasteiger partial charge on any atom is -0.343 e. The van der Waals surface area contributed by atoms with Crippen LogP contribution in [0, 0.1) is 6.92 Å². The number of fused-ring (bicyclic) bond motifs is 1. The summed E-state index contributed by atoms with van der Waals surface area (Å²) in [6.07, 6.45) is 1.64. The SMILES string of the molecule is Cc1cc(C(=O)NCC(=O)Nc2ccccc2Br)c2cnn(C(C)C)c2n1. The Kier molecular flexibility index (Phi) is 5.55. The van der Waals surface area contributed by atoms with Gasteiger partial charge in [-0.05, 0) is 54.9 Å². The molecule has 2 heterocycles. The molecule has 0 aliphatic rings. The zero-order valence-corrected chi connectivity index (χ0v) is 16.9. The maximum absolute atomic E-state index is 12.6. The molecular weight excluding hydrogens is 410 g/mol. The highest BCUT2D eigenvalue weighted by atomic mass is 79.9. The van der Waals surface area contributed by atoms with Crippen molar-refractivity contribution >= 4 is 44.5 Å². The summed E-state index contributed by atoms with van der Waals surface area (Å²) in [6.45, 7) is 5.69. The normalized spacial score (nSPS) is 11.0. The van der Waals surface area contributed by atoms with Gasteiger partial charge in [-0.3, -0.25) is 9.59 Å². The highest BCUT2D eigenvalue weighted by Gasteiger charge is 2.17. The standard InChI is InChI=1S/C19H20BrN5O2/c1-11(2)25-18-14(9-22-25)13(8-12(3)23-18)19(27)21-10-17(26)24-16-7-5-4-6-15(16)20/h4-9,11H,10H2,1-3H3,(H,21,27)(H,24,26). The number of anilines is 1. The first-order valence-corrected chi connectivity index (χ1v) is 9.33. The summed E-state index contributed by atoms with van der Waals surface area (Å²) in [5, 5.41) is 10.4. The largest absolute Gasteiger partial charge is 0.343 e. The van der Waals surface area contributed by atoms with Gasteiger partial charge in [-0.2, -0.15) is 5.10 Å². The van der Waals surface area contributed by atoms with Gasteiger partial charge in [0.2, 0.25) is 5.91 Å². The lowest BCUT2D eigenvalue weighted by molar-refractivity contribution is -0.115. The quantitative estimate of drug-likeness (QED) is 0.649. The van der Waals surface area contributed by atoms with E-state index < -0.39 is 0 Å². The van der Waals surface area contributed by atoms with Crippen LogP contribution < -0.4 is 10.6 Å². The monoisotopic (exact) mass is 429 g/mol. The molecule has 0 saturated carbocycles. The van der Waals surface area contributed by atoms with Crippen LogP contribution in [0.15, 0.2) is 41.0 Å². The van der Waals surface area contributed by atoms with Crippen molar-refractivity contribution in [1.82, 2.24) is 20.1 Å². The molecule has 0 bridgehead atoms. The summed E-state index contributed by atoms with van der Waals surface area (Å²) in [6, 6.07) is 9.12. The average Bonchev–Trinajstić information content (AvgIpc) is 3.05. The van der Waals surface area contributed by atoms with Crippen LogP contribution in [0.1, 0.15) is 35.9 Å². The van der Waals surface area contributed by atoms with Gasteiger partial charge in [0, 0.05) is 16.2 Å². The summed E-state index contributed by atoms with van der Waals surface area (Å²) in [4.78, 5) is 29.3. The minimum absolute atomic E-state index is 0.128. The Morgan fingerprint density at radius 1 is 1.26 bits per heavy atom. The molecule has 0 radical (unpaired) electrons. The molecule has 8 heteroatoms. The van der Waals surface area contributed by atoms with Crippen LogP contribution in [0.4, 0.5) is 5.69 Å².